The molecule has 0 radical (unpaired) electrons. The van der Waals surface area contributed by atoms with Crippen LogP contribution in [0.1, 0.15) is 24.0 Å². The summed E-state index contributed by atoms with van der Waals surface area (Å²) in [5, 5.41) is -0.776. The lowest BCUT2D eigenvalue weighted by Crippen LogP contribution is -2.27. The van der Waals surface area contributed by atoms with Gasteiger partial charge in [-0.15, -0.1) is 0 Å². The number of ether oxygens (including phenoxy) is 1. The van der Waals surface area contributed by atoms with Crippen molar-refractivity contribution in [2.75, 3.05) is 11.9 Å². The van der Waals surface area contributed by atoms with Crippen molar-refractivity contribution in [3.8, 4) is 11.5 Å². The molecule has 0 saturated heterocycles. The number of rotatable bonds is 2. The van der Waals surface area contributed by atoms with Crippen LogP contribution in [0.2, 0.25) is 5.02 Å². The van der Waals surface area contributed by atoms with Gasteiger partial charge in [-0.1, -0.05) is 11.6 Å². The zero-order valence-corrected chi connectivity index (χ0v) is 14.2. The van der Waals surface area contributed by atoms with Gasteiger partial charge in [-0.3, -0.25) is 4.79 Å². The van der Waals surface area contributed by atoms with Gasteiger partial charge in [0.25, 0.3) is 0 Å². The van der Waals surface area contributed by atoms with Gasteiger partial charge in [-0.05, 0) is 36.6 Å². The Morgan fingerprint density at radius 2 is 1.85 bits per heavy atom. The Morgan fingerprint density at radius 3 is 2.42 bits per heavy atom. The first kappa shape index (κ1) is 17.1. The molecule has 0 aromatic heterocycles. The van der Waals surface area contributed by atoms with Crippen LogP contribution in [-0.4, -0.2) is 13.0 Å². The Labute approximate surface area is 151 Å². The molecule has 2 aliphatic rings. The second-order valence-corrected chi connectivity index (χ2v) is 6.89. The molecule has 3 nitrogen and oxygen atoms in total. The zero-order chi connectivity index (χ0) is 18.9. The summed E-state index contributed by atoms with van der Waals surface area (Å²) >= 11 is 5.58. The van der Waals surface area contributed by atoms with Crippen molar-refractivity contribution in [2.45, 2.75) is 24.4 Å². The third kappa shape index (κ3) is 2.45. The minimum atomic E-state index is -4.89. The van der Waals surface area contributed by atoms with Crippen LogP contribution < -0.4 is 9.64 Å². The van der Waals surface area contributed by atoms with Gasteiger partial charge < -0.3 is 9.64 Å². The lowest BCUT2D eigenvalue weighted by Gasteiger charge is -2.14. The fourth-order valence-corrected chi connectivity index (χ4v) is 3.73. The van der Waals surface area contributed by atoms with Crippen molar-refractivity contribution < 1.29 is 27.1 Å². The third-order valence-corrected chi connectivity index (χ3v) is 5.14. The predicted molar refractivity (Wildman–Crippen MR) is 87.2 cm³/mol. The van der Waals surface area contributed by atoms with E-state index in [-0.39, 0.29) is 11.7 Å². The minimum Gasteiger partial charge on any atom is -0.457 e. The lowest BCUT2D eigenvalue weighted by atomic mass is 9.98. The Balaban J connectivity index is 1.68. The van der Waals surface area contributed by atoms with Gasteiger partial charge in [-0.2, -0.15) is 13.2 Å². The monoisotopic (exact) mass is 385 g/mol. The van der Waals surface area contributed by atoms with Crippen molar-refractivity contribution in [1.82, 2.24) is 0 Å². The highest BCUT2D eigenvalue weighted by molar-refractivity contribution is 6.31. The number of anilines is 1. The van der Waals surface area contributed by atoms with Crippen LogP contribution in [0.5, 0.6) is 11.5 Å². The molecule has 1 aliphatic carbocycles. The van der Waals surface area contributed by atoms with Crippen molar-refractivity contribution in [1.29, 1.82) is 0 Å². The van der Waals surface area contributed by atoms with Crippen molar-refractivity contribution in [3.05, 3.63) is 52.3 Å². The zero-order valence-electron chi connectivity index (χ0n) is 13.5. The van der Waals surface area contributed by atoms with Gasteiger partial charge in [0.1, 0.15) is 22.9 Å². The molecule has 136 valence electrons. The Bertz CT molecular complexity index is 914. The fraction of sp³-hybridized carbons (Fsp3) is 0.278. The fourth-order valence-electron chi connectivity index (χ4n) is 3.42. The Morgan fingerprint density at radius 1 is 1.15 bits per heavy atom. The summed E-state index contributed by atoms with van der Waals surface area (Å²) in [6.45, 7) is 0. The largest absolute Gasteiger partial charge is 0.457 e. The van der Waals surface area contributed by atoms with Crippen molar-refractivity contribution >= 4 is 23.2 Å². The van der Waals surface area contributed by atoms with E-state index < -0.39 is 28.0 Å². The summed E-state index contributed by atoms with van der Waals surface area (Å²) in [5.41, 5.74) is -0.450. The standard InChI is InChI=1S/C18H12ClF4NO2/c1-24-14-3-2-9(6-11(14)17(4-5-17)16(24)25)26-10-7-12(19)15(13(20)8-10)18(21,22)23/h2-3,6-8H,4-5H2,1H3. The van der Waals surface area contributed by atoms with Crippen molar-refractivity contribution in [3.63, 3.8) is 0 Å². The summed E-state index contributed by atoms with van der Waals surface area (Å²) in [5.74, 6) is -1.33. The summed E-state index contributed by atoms with van der Waals surface area (Å²) in [6.07, 6.45) is -3.41. The maximum absolute atomic E-state index is 13.8. The highest BCUT2D eigenvalue weighted by atomic mass is 35.5. The first-order valence-corrected chi connectivity index (χ1v) is 8.18. The molecule has 1 spiro atoms. The molecule has 4 rings (SSSR count). The van der Waals surface area contributed by atoms with Crippen LogP contribution in [0.4, 0.5) is 23.2 Å². The molecular formula is C18H12ClF4NO2. The SMILES string of the molecule is CN1C(=O)C2(CC2)c2cc(Oc3cc(F)c(C(F)(F)F)c(Cl)c3)ccc21. The number of alkyl halides is 3. The first-order valence-electron chi connectivity index (χ1n) is 7.80. The number of fused-ring (bicyclic) bond motifs is 2. The van der Waals surface area contributed by atoms with Crippen LogP contribution in [0, 0.1) is 5.82 Å². The first-order chi connectivity index (χ1) is 12.1. The van der Waals surface area contributed by atoms with Gasteiger partial charge in [0, 0.05) is 24.9 Å². The highest BCUT2D eigenvalue weighted by Crippen LogP contribution is 2.57. The van der Waals surface area contributed by atoms with Crippen LogP contribution in [0.25, 0.3) is 0 Å². The number of hydrogen-bond donors (Lipinski definition) is 0. The van der Waals surface area contributed by atoms with Gasteiger partial charge >= 0.3 is 6.18 Å². The number of likely N-dealkylation sites (N-methyl/N-ethyl adjacent to an activating group) is 1. The summed E-state index contributed by atoms with van der Waals surface area (Å²) in [6, 6.07) is 6.52. The molecule has 1 saturated carbocycles. The molecule has 8 heteroatoms. The summed E-state index contributed by atoms with van der Waals surface area (Å²) in [4.78, 5) is 13.9. The van der Waals surface area contributed by atoms with E-state index in [1.54, 1.807) is 30.1 Å². The Hall–Kier alpha value is -2.28. The molecule has 2 aromatic rings. The molecule has 26 heavy (non-hydrogen) atoms. The van der Waals surface area contributed by atoms with E-state index in [9.17, 15) is 22.4 Å². The predicted octanol–water partition coefficient (Wildman–Crippen LogP) is 5.30. The average Bonchev–Trinajstić information content (AvgIpc) is 3.29. The van der Waals surface area contributed by atoms with Crippen LogP contribution in [0.3, 0.4) is 0 Å². The number of carbonyl (C=O) groups is 1. The molecule has 0 N–H and O–H groups in total. The maximum Gasteiger partial charge on any atom is 0.420 e. The lowest BCUT2D eigenvalue weighted by molar-refractivity contribution is -0.139. The molecule has 0 bridgehead atoms. The summed E-state index contributed by atoms with van der Waals surface area (Å²) in [7, 11) is 1.69. The van der Waals surface area contributed by atoms with E-state index in [0.717, 1.165) is 30.2 Å². The number of halogens is 5. The maximum atomic E-state index is 13.8. The van der Waals surface area contributed by atoms with E-state index in [2.05, 4.69) is 0 Å². The number of benzene rings is 2. The molecule has 0 unspecified atom stereocenters. The molecule has 1 amide bonds. The molecule has 1 fully saturated rings. The smallest absolute Gasteiger partial charge is 0.420 e. The number of carbonyl (C=O) groups excluding carboxylic acids is 1. The molecular weight excluding hydrogens is 374 g/mol. The summed E-state index contributed by atoms with van der Waals surface area (Å²) < 4.78 is 57.7. The van der Waals surface area contributed by atoms with E-state index >= 15 is 0 Å². The van der Waals surface area contributed by atoms with E-state index in [0.29, 0.717) is 11.8 Å². The minimum absolute atomic E-state index is 0.0215. The van der Waals surface area contributed by atoms with E-state index in [4.69, 9.17) is 16.3 Å². The molecule has 1 heterocycles. The van der Waals surface area contributed by atoms with E-state index in [1.165, 1.54) is 0 Å². The van der Waals surface area contributed by atoms with E-state index in [1.807, 2.05) is 0 Å². The van der Waals surface area contributed by atoms with Gasteiger partial charge in [0.05, 0.1) is 10.4 Å². The van der Waals surface area contributed by atoms with Crippen LogP contribution in [0.15, 0.2) is 30.3 Å². The second-order valence-electron chi connectivity index (χ2n) is 6.49. The second kappa shape index (κ2) is 5.36. The van der Waals surface area contributed by atoms with Gasteiger partial charge in [0.15, 0.2) is 0 Å². The molecule has 0 atom stereocenters. The number of nitrogens with zero attached hydrogens (tertiary/aromatic N) is 1. The third-order valence-electron chi connectivity index (χ3n) is 4.84. The van der Waals surface area contributed by atoms with Crippen LogP contribution >= 0.6 is 11.6 Å². The normalized spacial score (nSPS) is 17.6. The Kier molecular flexibility index (Phi) is 3.54. The molecule has 2 aromatic carbocycles. The topological polar surface area (TPSA) is 29.5 Å². The van der Waals surface area contributed by atoms with Crippen molar-refractivity contribution in [2.24, 2.45) is 0 Å². The van der Waals surface area contributed by atoms with Gasteiger partial charge in [0.2, 0.25) is 5.91 Å². The van der Waals surface area contributed by atoms with Gasteiger partial charge in [-0.25, -0.2) is 4.39 Å². The molecule has 1 aliphatic heterocycles. The highest BCUT2D eigenvalue weighted by Gasteiger charge is 2.58. The quantitative estimate of drug-likeness (QED) is 0.657. The number of amides is 1. The number of hydrogen-bond acceptors (Lipinski definition) is 2. The van der Waals surface area contributed by atoms with Crippen LogP contribution in [-0.2, 0) is 16.4 Å². The average molecular weight is 386 g/mol.